The summed E-state index contributed by atoms with van der Waals surface area (Å²) in [5.41, 5.74) is 0.798. The van der Waals surface area contributed by atoms with E-state index in [4.69, 9.17) is 9.47 Å². The lowest BCUT2D eigenvalue weighted by atomic mass is 10.2. The fraction of sp³-hybridized carbons (Fsp3) is 0.444. The summed E-state index contributed by atoms with van der Waals surface area (Å²) in [6.07, 6.45) is -0.174. The van der Waals surface area contributed by atoms with Crippen LogP contribution in [0.1, 0.15) is 40.1 Å². The van der Waals surface area contributed by atoms with Crippen LogP contribution in [0.2, 0.25) is 0 Å². The van der Waals surface area contributed by atoms with Crippen LogP contribution in [0.4, 0.5) is 0 Å². The van der Waals surface area contributed by atoms with Gasteiger partial charge in [-0.25, -0.2) is 4.98 Å². The highest BCUT2D eigenvalue weighted by Gasteiger charge is 2.26. The van der Waals surface area contributed by atoms with Crippen LogP contribution < -0.4 is 9.47 Å². The van der Waals surface area contributed by atoms with Crippen LogP contribution in [0, 0.1) is 6.92 Å². The Morgan fingerprint density at radius 1 is 1.38 bits per heavy atom. The lowest BCUT2D eigenvalue weighted by Gasteiger charge is -2.29. The smallest absolute Gasteiger partial charge is 0.265 e. The van der Waals surface area contributed by atoms with Gasteiger partial charge in [0.2, 0.25) is 0 Å². The molecule has 2 heterocycles. The van der Waals surface area contributed by atoms with E-state index in [1.54, 1.807) is 11.9 Å². The van der Waals surface area contributed by atoms with Crippen molar-refractivity contribution in [3.8, 4) is 11.5 Å². The van der Waals surface area contributed by atoms with E-state index in [0.29, 0.717) is 23.9 Å². The summed E-state index contributed by atoms with van der Waals surface area (Å²) in [5, 5.41) is 0.996. The van der Waals surface area contributed by atoms with Gasteiger partial charge in [0, 0.05) is 13.0 Å². The van der Waals surface area contributed by atoms with E-state index in [-0.39, 0.29) is 12.0 Å². The predicted molar refractivity (Wildman–Crippen MR) is 94.3 cm³/mol. The van der Waals surface area contributed by atoms with Crippen molar-refractivity contribution in [2.45, 2.75) is 32.8 Å². The van der Waals surface area contributed by atoms with Crippen LogP contribution in [0.25, 0.3) is 0 Å². The molecule has 0 N–H and O–H groups in total. The third kappa shape index (κ3) is 3.38. The molecule has 0 fully saturated rings. The van der Waals surface area contributed by atoms with Gasteiger partial charge in [-0.2, -0.15) is 0 Å². The SMILES string of the molecule is Cc1nc(C(C)C)sc1C(=O)N(C)C[C@H]1COc2ccccc2O1. The van der Waals surface area contributed by atoms with Crippen LogP contribution in [0.3, 0.4) is 0 Å². The fourth-order valence-corrected chi connectivity index (χ4v) is 3.64. The van der Waals surface area contributed by atoms with Crippen LogP contribution in [0.5, 0.6) is 11.5 Å². The Bertz CT molecular complexity index is 742. The zero-order chi connectivity index (χ0) is 17.3. The Labute approximate surface area is 146 Å². The van der Waals surface area contributed by atoms with Gasteiger partial charge in [-0.3, -0.25) is 4.79 Å². The number of ether oxygens (including phenoxy) is 2. The number of nitrogens with zero attached hydrogens (tertiary/aromatic N) is 2. The van der Waals surface area contributed by atoms with Crippen LogP contribution in [-0.2, 0) is 0 Å². The van der Waals surface area contributed by atoms with Crippen LogP contribution >= 0.6 is 11.3 Å². The maximum absolute atomic E-state index is 12.7. The van der Waals surface area contributed by atoms with Crippen molar-refractivity contribution in [1.82, 2.24) is 9.88 Å². The molecule has 2 aromatic rings. The number of hydrogen-bond donors (Lipinski definition) is 0. The molecule has 128 valence electrons. The quantitative estimate of drug-likeness (QED) is 0.850. The van der Waals surface area contributed by atoms with E-state index < -0.39 is 0 Å². The fourth-order valence-electron chi connectivity index (χ4n) is 2.58. The summed E-state index contributed by atoms with van der Waals surface area (Å²) >= 11 is 1.48. The Morgan fingerprint density at radius 2 is 2.08 bits per heavy atom. The molecular formula is C18H22N2O3S. The summed E-state index contributed by atoms with van der Waals surface area (Å²) in [6.45, 7) is 6.97. The van der Waals surface area contributed by atoms with E-state index in [0.717, 1.165) is 22.2 Å². The second-order valence-electron chi connectivity index (χ2n) is 6.30. The van der Waals surface area contributed by atoms with Gasteiger partial charge in [0.1, 0.15) is 11.5 Å². The van der Waals surface area contributed by atoms with Crippen molar-refractivity contribution >= 4 is 17.2 Å². The summed E-state index contributed by atoms with van der Waals surface area (Å²) in [6, 6.07) is 7.59. The number of benzene rings is 1. The number of aromatic nitrogens is 1. The maximum atomic E-state index is 12.7. The number of likely N-dealkylation sites (N-methyl/N-ethyl adjacent to an activating group) is 1. The predicted octanol–water partition coefficient (Wildman–Crippen LogP) is 3.49. The van der Waals surface area contributed by atoms with Gasteiger partial charge in [-0.15, -0.1) is 11.3 Å². The highest BCUT2D eigenvalue weighted by molar-refractivity contribution is 7.13. The molecule has 1 aliphatic heterocycles. The van der Waals surface area contributed by atoms with Gasteiger partial charge in [0.15, 0.2) is 17.6 Å². The molecule has 24 heavy (non-hydrogen) atoms. The van der Waals surface area contributed by atoms with E-state index in [1.807, 2.05) is 31.2 Å². The highest BCUT2D eigenvalue weighted by atomic mass is 32.1. The molecule has 0 saturated heterocycles. The normalized spacial score (nSPS) is 16.3. The Balaban J connectivity index is 1.67. The zero-order valence-electron chi connectivity index (χ0n) is 14.4. The summed E-state index contributed by atoms with van der Waals surface area (Å²) in [4.78, 5) is 19.6. The monoisotopic (exact) mass is 346 g/mol. The van der Waals surface area contributed by atoms with Crippen molar-refractivity contribution in [1.29, 1.82) is 0 Å². The third-order valence-corrected chi connectivity index (χ3v) is 5.34. The highest BCUT2D eigenvalue weighted by Crippen LogP contribution is 2.31. The first-order valence-corrected chi connectivity index (χ1v) is 8.88. The van der Waals surface area contributed by atoms with Gasteiger partial charge >= 0.3 is 0 Å². The van der Waals surface area contributed by atoms with E-state index in [2.05, 4.69) is 18.8 Å². The van der Waals surface area contributed by atoms with Gasteiger partial charge in [-0.1, -0.05) is 26.0 Å². The molecule has 1 amide bonds. The van der Waals surface area contributed by atoms with Crippen molar-refractivity contribution in [3.63, 3.8) is 0 Å². The molecule has 0 radical (unpaired) electrons. The van der Waals surface area contributed by atoms with Gasteiger partial charge in [0.05, 0.1) is 17.2 Å². The van der Waals surface area contributed by atoms with Crippen molar-refractivity contribution in [2.24, 2.45) is 0 Å². The van der Waals surface area contributed by atoms with Crippen LogP contribution in [-0.4, -0.2) is 42.1 Å². The molecule has 6 heteroatoms. The van der Waals surface area contributed by atoms with Crippen molar-refractivity contribution in [2.75, 3.05) is 20.2 Å². The average Bonchev–Trinajstić information content (AvgIpc) is 2.96. The molecule has 1 aromatic carbocycles. The minimum absolute atomic E-state index is 0.0145. The van der Waals surface area contributed by atoms with E-state index in [9.17, 15) is 4.79 Å². The molecule has 0 unspecified atom stereocenters. The number of hydrogen-bond acceptors (Lipinski definition) is 5. The number of carbonyl (C=O) groups is 1. The minimum Gasteiger partial charge on any atom is -0.486 e. The molecule has 1 atom stereocenters. The minimum atomic E-state index is -0.174. The van der Waals surface area contributed by atoms with Crippen LogP contribution in [0.15, 0.2) is 24.3 Å². The second-order valence-corrected chi connectivity index (χ2v) is 7.34. The van der Waals surface area contributed by atoms with Gasteiger partial charge in [0.25, 0.3) is 5.91 Å². The van der Waals surface area contributed by atoms with Gasteiger partial charge < -0.3 is 14.4 Å². The molecule has 0 spiro atoms. The molecule has 0 saturated carbocycles. The number of rotatable bonds is 4. The van der Waals surface area contributed by atoms with Crippen molar-refractivity contribution < 1.29 is 14.3 Å². The number of aryl methyl sites for hydroxylation is 1. The summed E-state index contributed by atoms with van der Waals surface area (Å²) < 4.78 is 11.6. The number of para-hydroxylation sites is 2. The molecule has 3 rings (SSSR count). The standard InChI is InChI=1S/C18H22N2O3S/c1-11(2)17-19-12(3)16(24-17)18(21)20(4)9-13-10-22-14-7-5-6-8-15(14)23-13/h5-8,11,13H,9-10H2,1-4H3/t13-/m0/s1. The van der Waals surface area contributed by atoms with Gasteiger partial charge in [-0.05, 0) is 19.1 Å². The number of fused-ring (bicyclic) bond motifs is 1. The lowest BCUT2D eigenvalue weighted by Crippen LogP contribution is -2.41. The molecule has 1 aromatic heterocycles. The van der Waals surface area contributed by atoms with E-state index in [1.165, 1.54) is 11.3 Å². The largest absolute Gasteiger partial charge is 0.486 e. The molecule has 0 bridgehead atoms. The maximum Gasteiger partial charge on any atom is 0.265 e. The first-order valence-electron chi connectivity index (χ1n) is 8.07. The number of amides is 1. The average molecular weight is 346 g/mol. The van der Waals surface area contributed by atoms with Crippen molar-refractivity contribution in [3.05, 3.63) is 39.8 Å². The Morgan fingerprint density at radius 3 is 2.75 bits per heavy atom. The molecule has 0 aliphatic carbocycles. The molecule has 1 aliphatic rings. The number of carbonyl (C=O) groups excluding carboxylic acids is 1. The topological polar surface area (TPSA) is 51.7 Å². The zero-order valence-corrected chi connectivity index (χ0v) is 15.2. The molecular weight excluding hydrogens is 324 g/mol. The first kappa shape index (κ1) is 16.8. The second kappa shape index (κ2) is 6.81. The molecule has 5 nitrogen and oxygen atoms in total. The lowest BCUT2D eigenvalue weighted by molar-refractivity contribution is 0.0523. The number of thiazole rings is 1. The first-order chi connectivity index (χ1) is 11.5. The van der Waals surface area contributed by atoms with E-state index >= 15 is 0 Å². The Hall–Kier alpha value is -2.08. The Kier molecular flexibility index (Phi) is 4.76. The summed E-state index contributed by atoms with van der Waals surface area (Å²) in [5.74, 6) is 1.79. The third-order valence-electron chi connectivity index (χ3n) is 3.89. The summed E-state index contributed by atoms with van der Waals surface area (Å²) in [7, 11) is 1.79.